The molecule has 0 spiro atoms. The molecule has 0 bridgehead atoms. The van der Waals surface area contributed by atoms with Crippen LogP contribution < -0.4 is 5.48 Å². The van der Waals surface area contributed by atoms with E-state index >= 15 is 0 Å². The van der Waals surface area contributed by atoms with Crippen molar-refractivity contribution in [1.29, 1.82) is 4.78 Å². The number of nitrogens with zero attached hydrogens (tertiary/aromatic N) is 1. The zero-order chi connectivity index (χ0) is 19.7. The lowest BCUT2D eigenvalue weighted by Gasteiger charge is -2.28. The van der Waals surface area contributed by atoms with Gasteiger partial charge in [0.15, 0.2) is 0 Å². The lowest BCUT2D eigenvalue weighted by Crippen LogP contribution is -2.50. The van der Waals surface area contributed by atoms with E-state index in [-0.39, 0.29) is 6.42 Å². The maximum absolute atomic E-state index is 12.3. The third kappa shape index (κ3) is 4.31. The average molecular weight is 389 g/mol. The van der Waals surface area contributed by atoms with Gasteiger partial charge in [0.1, 0.15) is 10.9 Å². The van der Waals surface area contributed by atoms with E-state index in [0.717, 1.165) is 16.8 Å². The predicted molar refractivity (Wildman–Crippen MR) is 102 cm³/mol. The van der Waals surface area contributed by atoms with Gasteiger partial charge < -0.3 is 4.84 Å². The molecule has 1 aliphatic heterocycles. The minimum absolute atomic E-state index is 0.0101. The summed E-state index contributed by atoms with van der Waals surface area (Å²) in [6, 6.07) is 7.72. The molecule has 1 aromatic carbocycles. The Morgan fingerprint density at radius 2 is 2.11 bits per heavy atom. The number of hydrogen-bond donors (Lipinski definition) is 3. The molecule has 8 heteroatoms. The van der Waals surface area contributed by atoms with Crippen LogP contribution in [-0.2, 0) is 19.4 Å². The molecule has 1 fully saturated rings. The molecule has 0 radical (unpaired) electrons. The van der Waals surface area contributed by atoms with Crippen molar-refractivity contribution >= 4 is 21.3 Å². The van der Waals surface area contributed by atoms with Gasteiger partial charge in [-0.3, -0.25) is 14.8 Å². The Labute approximate surface area is 159 Å². The molecule has 0 aromatic heterocycles. The summed E-state index contributed by atoms with van der Waals surface area (Å²) in [6.07, 6.45) is 3.50. The number of oxime groups is 1. The third-order valence-corrected chi connectivity index (χ3v) is 7.08. The first kappa shape index (κ1) is 19.4. The quantitative estimate of drug-likeness (QED) is 0.407. The second-order valence-corrected chi connectivity index (χ2v) is 9.90. The van der Waals surface area contributed by atoms with E-state index in [1.807, 2.05) is 24.3 Å². The summed E-state index contributed by atoms with van der Waals surface area (Å²) in [7, 11) is -3.28. The zero-order valence-corrected chi connectivity index (χ0v) is 16.1. The fourth-order valence-electron chi connectivity index (χ4n) is 2.85. The van der Waals surface area contributed by atoms with Crippen molar-refractivity contribution < 1.29 is 19.0 Å². The number of hydroxylamine groups is 1. The van der Waals surface area contributed by atoms with Crippen molar-refractivity contribution in [2.24, 2.45) is 11.1 Å². The fraction of sp³-hybridized carbons (Fsp3) is 0.474. The van der Waals surface area contributed by atoms with Crippen molar-refractivity contribution in [2.45, 2.75) is 43.5 Å². The minimum atomic E-state index is -3.28. The summed E-state index contributed by atoms with van der Waals surface area (Å²) in [6.45, 7) is 1.39. The van der Waals surface area contributed by atoms with Crippen LogP contribution in [0.1, 0.15) is 43.7 Å². The van der Waals surface area contributed by atoms with Crippen molar-refractivity contribution in [3.8, 4) is 11.8 Å². The van der Waals surface area contributed by atoms with Gasteiger partial charge in [-0.05, 0) is 37.5 Å². The van der Waals surface area contributed by atoms with Gasteiger partial charge in [-0.25, -0.2) is 9.69 Å². The van der Waals surface area contributed by atoms with E-state index in [2.05, 4.69) is 17.0 Å². The van der Waals surface area contributed by atoms with E-state index in [1.165, 1.54) is 31.5 Å². The van der Waals surface area contributed by atoms with Crippen LogP contribution in [0.15, 0.2) is 29.4 Å². The SMILES string of the molecule is CC(C[C@H]1CC(c2ccc(C#CC3CC3)cc2)=NO1)(C(=O)NO)S(C)(=N)=O. The number of carbonyl (C=O) groups excluding carboxylic acids is 1. The molecule has 3 atom stereocenters. The maximum atomic E-state index is 12.3. The summed E-state index contributed by atoms with van der Waals surface area (Å²) in [5.74, 6) is 6.06. The number of carbonyl (C=O) groups is 1. The summed E-state index contributed by atoms with van der Waals surface area (Å²) < 4.78 is 18.6. The zero-order valence-electron chi connectivity index (χ0n) is 15.3. The minimum Gasteiger partial charge on any atom is -0.392 e. The lowest BCUT2D eigenvalue weighted by atomic mass is 9.96. The summed E-state index contributed by atoms with van der Waals surface area (Å²) in [5.41, 5.74) is 4.09. The van der Waals surface area contributed by atoms with Crippen LogP contribution in [-0.4, -0.2) is 38.1 Å². The van der Waals surface area contributed by atoms with Gasteiger partial charge in [0, 0.05) is 30.6 Å². The molecule has 1 aliphatic carbocycles. The highest BCUT2D eigenvalue weighted by Crippen LogP contribution is 2.30. The van der Waals surface area contributed by atoms with E-state index < -0.39 is 26.5 Å². The molecule has 3 N–H and O–H groups in total. The Balaban J connectivity index is 1.67. The predicted octanol–water partition coefficient (Wildman–Crippen LogP) is 2.27. The van der Waals surface area contributed by atoms with Crippen LogP contribution in [0.2, 0.25) is 0 Å². The summed E-state index contributed by atoms with van der Waals surface area (Å²) >= 11 is 0. The second-order valence-electron chi connectivity index (χ2n) is 7.31. The molecule has 1 amide bonds. The first-order valence-electron chi connectivity index (χ1n) is 8.75. The molecule has 1 heterocycles. The summed E-state index contributed by atoms with van der Waals surface area (Å²) in [5, 5.41) is 13.0. The van der Waals surface area contributed by atoms with Crippen molar-refractivity contribution in [3.63, 3.8) is 0 Å². The molecule has 2 unspecified atom stereocenters. The van der Waals surface area contributed by atoms with E-state index in [4.69, 9.17) is 14.8 Å². The number of nitrogens with one attached hydrogen (secondary N) is 2. The first-order chi connectivity index (χ1) is 12.7. The highest BCUT2D eigenvalue weighted by Gasteiger charge is 2.44. The molecule has 2 aliphatic rings. The van der Waals surface area contributed by atoms with Gasteiger partial charge in [0.25, 0.3) is 5.91 Å². The van der Waals surface area contributed by atoms with Gasteiger partial charge >= 0.3 is 0 Å². The number of rotatable bonds is 5. The topological polar surface area (TPSA) is 112 Å². The van der Waals surface area contributed by atoms with Crippen LogP contribution in [0.5, 0.6) is 0 Å². The molecular formula is C19H23N3O4S. The molecule has 0 saturated heterocycles. The summed E-state index contributed by atoms with van der Waals surface area (Å²) in [4.78, 5) is 17.4. The van der Waals surface area contributed by atoms with Crippen molar-refractivity contribution in [1.82, 2.24) is 5.48 Å². The smallest absolute Gasteiger partial charge is 0.262 e. The second kappa shape index (κ2) is 7.33. The molecule has 27 heavy (non-hydrogen) atoms. The number of amides is 1. The molecule has 3 rings (SSSR count). The highest BCUT2D eigenvalue weighted by molar-refractivity contribution is 7.93. The molecular weight excluding hydrogens is 366 g/mol. The number of benzene rings is 1. The third-order valence-electron chi connectivity index (χ3n) is 5.01. The van der Waals surface area contributed by atoms with Crippen molar-refractivity contribution in [2.75, 3.05) is 6.26 Å². The molecule has 144 valence electrons. The van der Waals surface area contributed by atoms with Crippen LogP contribution in [0.4, 0.5) is 0 Å². The Bertz CT molecular complexity index is 924. The van der Waals surface area contributed by atoms with E-state index in [9.17, 15) is 9.00 Å². The largest absolute Gasteiger partial charge is 0.392 e. The van der Waals surface area contributed by atoms with Crippen LogP contribution in [0.25, 0.3) is 0 Å². The lowest BCUT2D eigenvalue weighted by molar-refractivity contribution is -0.132. The highest BCUT2D eigenvalue weighted by atomic mass is 32.2. The maximum Gasteiger partial charge on any atom is 0.262 e. The van der Waals surface area contributed by atoms with E-state index in [1.54, 1.807) is 0 Å². The van der Waals surface area contributed by atoms with Crippen LogP contribution >= 0.6 is 0 Å². The van der Waals surface area contributed by atoms with Gasteiger partial charge in [-0.2, -0.15) is 0 Å². The molecule has 1 aromatic rings. The van der Waals surface area contributed by atoms with Crippen LogP contribution in [0, 0.1) is 22.5 Å². The average Bonchev–Trinajstić information content (AvgIpc) is 3.36. The monoisotopic (exact) mass is 389 g/mol. The van der Waals surface area contributed by atoms with Crippen molar-refractivity contribution in [3.05, 3.63) is 35.4 Å². The van der Waals surface area contributed by atoms with Gasteiger partial charge in [0.2, 0.25) is 0 Å². The Morgan fingerprint density at radius 3 is 2.67 bits per heavy atom. The first-order valence-corrected chi connectivity index (χ1v) is 10.7. The van der Waals surface area contributed by atoms with Crippen LogP contribution in [0.3, 0.4) is 0 Å². The normalized spacial score (nSPS) is 23.1. The van der Waals surface area contributed by atoms with Gasteiger partial charge in [-0.1, -0.05) is 29.1 Å². The van der Waals surface area contributed by atoms with E-state index in [0.29, 0.717) is 12.3 Å². The number of hydrogen-bond acceptors (Lipinski definition) is 6. The Morgan fingerprint density at radius 1 is 1.44 bits per heavy atom. The fourth-order valence-corrected chi connectivity index (χ4v) is 3.75. The molecule has 1 saturated carbocycles. The Hall–Kier alpha value is -2.37. The van der Waals surface area contributed by atoms with Gasteiger partial charge in [0.05, 0.1) is 15.4 Å². The standard InChI is InChI=1S/C19H23N3O4S/c1-19(18(23)21-24,27(2,20)25)12-16-11-17(22-26-16)15-9-7-14(8-10-15)6-5-13-3-4-13/h7-10,13,16,20,24H,3-4,11-12H2,1-2H3,(H,21,23)/t16-,19?,27?/m1/s1. The Kier molecular flexibility index (Phi) is 5.27. The molecule has 7 nitrogen and oxygen atoms in total. The van der Waals surface area contributed by atoms with Gasteiger partial charge in [-0.15, -0.1) is 0 Å².